The first-order valence-electron chi connectivity index (χ1n) is 7.85. The fourth-order valence-corrected chi connectivity index (χ4v) is 3.00. The number of aromatic nitrogens is 1. The van der Waals surface area contributed by atoms with Crippen molar-refractivity contribution in [1.29, 1.82) is 0 Å². The van der Waals surface area contributed by atoms with Gasteiger partial charge in [0.05, 0.1) is 6.61 Å². The van der Waals surface area contributed by atoms with E-state index in [2.05, 4.69) is 17.0 Å². The molecule has 2 atom stereocenters. The van der Waals surface area contributed by atoms with Crippen molar-refractivity contribution < 1.29 is 14.6 Å². The van der Waals surface area contributed by atoms with Crippen molar-refractivity contribution >= 4 is 11.9 Å². The Bertz CT molecular complexity index is 651. The molecule has 0 radical (unpaired) electrons. The standard InChI is InChI=1S/C15H19N5O4/c1-11-9-24-10-12(11)8-18-6-7-19(15(18)17-20(22)23)14(21)13-4-2-3-5-16-13/h2-5,11-12H,6-10H2,1H3. The third-order valence-electron chi connectivity index (χ3n) is 4.39. The van der Waals surface area contributed by atoms with E-state index in [0.717, 1.165) is 0 Å². The lowest BCUT2D eigenvalue weighted by atomic mass is 9.98. The summed E-state index contributed by atoms with van der Waals surface area (Å²) >= 11 is 0. The quantitative estimate of drug-likeness (QED) is 0.593. The summed E-state index contributed by atoms with van der Waals surface area (Å²) in [6.07, 6.45) is 1.52. The van der Waals surface area contributed by atoms with Crippen LogP contribution in [0.2, 0.25) is 0 Å². The van der Waals surface area contributed by atoms with E-state index in [-0.39, 0.29) is 23.5 Å². The molecule has 0 aliphatic carbocycles. The van der Waals surface area contributed by atoms with Gasteiger partial charge in [-0.25, -0.2) is 10.1 Å². The Kier molecular flexibility index (Phi) is 4.70. The largest absolute Gasteiger partial charge is 0.381 e. The third kappa shape index (κ3) is 3.35. The van der Waals surface area contributed by atoms with Crippen molar-refractivity contribution in [3.8, 4) is 0 Å². The number of rotatable bonds is 4. The molecule has 1 aromatic rings. The summed E-state index contributed by atoms with van der Waals surface area (Å²) < 4.78 is 5.45. The average molecular weight is 333 g/mol. The number of nitro groups is 1. The Balaban J connectivity index is 1.80. The van der Waals surface area contributed by atoms with Gasteiger partial charge in [-0.2, -0.15) is 0 Å². The van der Waals surface area contributed by atoms with Crippen molar-refractivity contribution in [2.75, 3.05) is 32.8 Å². The van der Waals surface area contributed by atoms with Crippen molar-refractivity contribution in [1.82, 2.24) is 14.8 Å². The molecule has 1 amide bonds. The predicted octanol–water partition coefficient (Wildman–Crippen LogP) is 0.670. The Morgan fingerprint density at radius 1 is 1.46 bits per heavy atom. The number of pyridine rings is 1. The molecule has 1 aromatic heterocycles. The Hall–Kier alpha value is -2.55. The van der Waals surface area contributed by atoms with Gasteiger partial charge in [0.1, 0.15) is 10.8 Å². The van der Waals surface area contributed by atoms with Gasteiger partial charge in [-0.1, -0.05) is 13.0 Å². The van der Waals surface area contributed by atoms with Crippen LogP contribution in [-0.4, -0.2) is 64.5 Å². The molecule has 2 unspecified atom stereocenters. The molecule has 0 spiro atoms. The van der Waals surface area contributed by atoms with Gasteiger partial charge in [0, 0.05) is 38.4 Å². The van der Waals surface area contributed by atoms with Crippen LogP contribution in [0.3, 0.4) is 0 Å². The minimum Gasteiger partial charge on any atom is -0.381 e. The van der Waals surface area contributed by atoms with Crippen molar-refractivity contribution in [3.05, 3.63) is 40.2 Å². The fraction of sp³-hybridized carbons (Fsp3) is 0.533. The molecular weight excluding hydrogens is 314 g/mol. The number of hydrazone groups is 1. The van der Waals surface area contributed by atoms with Crippen LogP contribution in [0.4, 0.5) is 0 Å². The molecule has 128 valence electrons. The number of carbonyl (C=O) groups excluding carboxylic acids is 1. The van der Waals surface area contributed by atoms with E-state index in [0.29, 0.717) is 38.8 Å². The normalized spacial score (nSPS) is 25.5. The Morgan fingerprint density at radius 3 is 2.92 bits per heavy atom. The SMILES string of the molecule is CC1COCC1CN1CCN(C(=O)c2ccccn2)C1=N[N+](=O)[O-]. The Labute approximate surface area is 139 Å². The maximum atomic E-state index is 12.6. The summed E-state index contributed by atoms with van der Waals surface area (Å²) in [5.41, 5.74) is 0.243. The summed E-state index contributed by atoms with van der Waals surface area (Å²) in [6, 6.07) is 5.00. The van der Waals surface area contributed by atoms with E-state index in [1.54, 1.807) is 23.1 Å². The van der Waals surface area contributed by atoms with Crippen LogP contribution in [0.1, 0.15) is 17.4 Å². The molecule has 9 nitrogen and oxygen atoms in total. The molecule has 3 rings (SSSR count). The maximum absolute atomic E-state index is 12.6. The van der Waals surface area contributed by atoms with Gasteiger partial charge in [0.2, 0.25) is 0 Å². The second kappa shape index (κ2) is 6.91. The van der Waals surface area contributed by atoms with Crippen molar-refractivity contribution in [2.45, 2.75) is 6.92 Å². The summed E-state index contributed by atoms with van der Waals surface area (Å²) in [7, 11) is 0. The van der Waals surface area contributed by atoms with E-state index in [4.69, 9.17) is 4.74 Å². The van der Waals surface area contributed by atoms with E-state index < -0.39 is 5.03 Å². The minimum absolute atomic E-state index is 0.0785. The molecule has 0 aromatic carbocycles. The molecule has 0 N–H and O–H groups in total. The second-order valence-corrected chi connectivity index (χ2v) is 6.03. The van der Waals surface area contributed by atoms with Gasteiger partial charge in [-0.15, -0.1) is 0 Å². The third-order valence-corrected chi connectivity index (χ3v) is 4.39. The number of hydrogen-bond acceptors (Lipinski definition) is 5. The first-order chi connectivity index (χ1) is 11.6. The van der Waals surface area contributed by atoms with Gasteiger partial charge in [0.25, 0.3) is 11.9 Å². The van der Waals surface area contributed by atoms with E-state index in [1.807, 2.05) is 0 Å². The average Bonchev–Trinajstić information content (AvgIpc) is 3.15. The van der Waals surface area contributed by atoms with Gasteiger partial charge < -0.3 is 9.64 Å². The molecule has 2 aliphatic heterocycles. The Morgan fingerprint density at radius 2 is 2.29 bits per heavy atom. The molecule has 0 saturated carbocycles. The lowest BCUT2D eigenvalue weighted by Crippen LogP contribution is -2.41. The number of ether oxygens (including phenoxy) is 1. The zero-order valence-corrected chi connectivity index (χ0v) is 13.4. The van der Waals surface area contributed by atoms with Crippen LogP contribution < -0.4 is 0 Å². The second-order valence-electron chi connectivity index (χ2n) is 6.03. The molecule has 2 saturated heterocycles. The molecule has 2 fully saturated rings. The van der Waals surface area contributed by atoms with Crippen LogP contribution in [0.15, 0.2) is 29.5 Å². The topological polar surface area (TPSA) is 101 Å². The highest BCUT2D eigenvalue weighted by molar-refractivity contribution is 6.05. The molecular formula is C15H19N5O4. The zero-order valence-electron chi connectivity index (χ0n) is 13.4. The first kappa shape index (κ1) is 16.3. The van der Waals surface area contributed by atoms with Crippen molar-refractivity contribution in [2.24, 2.45) is 16.9 Å². The van der Waals surface area contributed by atoms with Gasteiger partial charge in [-0.05, 0) is 18.1 Å². The number of nitrogens with zero attached hydrogens (tertiary/aromatic N) is 5. The first-order valence-corrected chi connectivity index (χ1v) is 7.85. The number of carbonyl (C=O) groups is 1. The summed E-state index contributed by atoms with van der Waals surface area (Å²) in [5, 5.41) is 13.6. The smallest absolute Gasteiger partial charge is 0.281 e. The van der Waals surface area contributed by atoms with Crippen molar-refractivity contribution in [3.63, 3.8) is 0 Å². The molecule has 0 bridgehead atoms. The van der Waals surface area contributed by atoms with Crippen LogP contribution in [0, 0.1) is 22.0 Å². The maximum Gasteiger partial charge on any atom is 0.281 e. The van der Waals surface area contributed by atoms with Gasteiger partial charge in [-0.3, -0.25) is 14.7 Å². The molecule has 9 heteroatoms. The zero-order chi connectivity index (χ0) is 17.1. The molecule has 3 heterocycles. The van der Waals surface area contributed by atoms with Gasteiger partial charge >= 0.3 is 0 Å². The highest BCUT2D eigenvalue weighted by Crippen LogP contribution is 2.23. The fourth-order valence-electron chi connectivity index (χ4n) is 3.00. The number of amides is 1. The summed E-state index contributed by atoms with van der Waals surface area (Å²) in [6.45, 7) is 4.85. The summed E-state index contributed by atoms with van der Waals surface area (Å²) in [4.78, 5) is 30.7. The van der Waals surface area contributed by atoms with E-state index in [9.17, 15) is 14.9 Å². The van der Waals surface area contributed by atoms with E-state index in [1.165, 1.54) is 11.1 Å². The molecule has 24 heavy (non-hydrogen) atoms. The number of hydrogen-bond donors (Lipinski definition) is 0. The minimum atomic E-state index is -0.763. The molecule has 2 aliphatic rings. The van der Waals surface area contributed by atoms with Crippen LogP contribution in [0.25, 0.3) is 0 Å². The summed E-state index contributed by atoms with van der Waals surface area (Å²) in [5.74, 6) is 0.346. The predicted molar refractivity (Wildman–Crippen MR) is 84.7 cm³/mol. The lowest BCUT2D eigenvalue weighted by molar-refractivity contribution is -0.486. The highest BCUT2D eigenvalue weighted by Gasteiger charge is 2.37. The lowest BCUT2D eigenvalue weighted by Gasteiger charge is -2.23. The van der Waals surface area contributed by atoms with Gasteiger partial charge in [0.15, 0.2) is 5.03 Å². The van der Waals surface area contributed by atoms with E-state index >= 15 is 0 Å². The van der Waals surface area contributed by atoms with Crippen LogP contribution in [0.5, 0.6) is 0 Å². The number of guanidine groups is 1. The van der Waals surface area contributed by atoms with Crippen LogP contribution >= 0.6 is 0 Å². The highest BCUT2D eigenvalue weighted by atomic mass is 16.7. The van der Waals surface area contributed by atoms with Crippen LogP contribution in [-0.2, 0) is 4.74 Å². The monoisotopic (exact) mass is 333 g/mol.